The predicted octanol–water partition coefficient (Wildman–Crippen LogP) is 1.37. The Hall–Kier alpha value is -2.43. The molecule has 1 unspecified atom stereocenters. The van der Waals surface area contributed by atoms with Crippen molar-refractivity contribution in [3.05, 3.63) is 58.0 Å². The number of aromatic nitrogens is 2. The summed E-state index contributed by atoms with van der Waals surface area (Å²) in [6, 6.07) is 10.8. The average Bonchev–Trinajstić information content (AvgIpc) is 2.77. The van der Waals surface area contributed by atoms with E-state index in [1.807, 2.05) is 31.2 Å². The van der Waals surface area contributed by atoms with Crippen LogP contribution in [0.5, 0.6) is 0 Å². The molecule has 20 heavy (non-hydrogen) atoms. The Morgan fingerprint density at radius 2 is 2.00 bits per heavy atom. The first kappa shape index (κ1) is 12.6. The van der Waals surface area contributed by atoms with E-state index in [0.717, 1.165) is 17.7 Å². The molecule has 1 aliphatic heterocycles. The highest BCUT2D eigenvalue weighted by Crippen LogP contribution is 2.32. The van der Waals surface area contributed by atoms with Gasteiger partial charge in [-0.25, -0.2) is 4.68 Å². The number of hydrogen-bond donors (Lipinski definition) is 0. The maximum absolute atomic E-state index is 12.6. The first-order valence-corrected chi connectivity index (χ1v) is 6.54. The number of aryl methyl sites for hydroxylation is 1. The number of benzene rings is 1. The zero-order valence-corrected chi connectivity index (χ0v) is 11.4. The van der Waals surface area contributed by atoms with Crippen LogP contribution in [0.4, 0.5) is 5.69 Å². The number of carbonyl (C=O) groups excluding carboxylic acids is 1. The molecule has 0 spiro atoms. The third-order valence-corrected chi connectivity index (χ3v) is 3.61. The summed E-state index contributed by atoms with van der Waals surface area (Å²) in [6.07, 6.45) is 0.841. The van der Waals surface area contributed by atoms with E-state index in [2.05, 4.69) is 5.10 Å². The van der Waals surface area contributed by atoms with E-state index in [1.165, 1.54) is 16.8 Å². The smallest absolute Gasteiger partial charge is 0.278 e. The molecule has 3 rings (SSSR count). The Labute approximate surface area is 116 Å². The summed E-state index contributed by atoms with van der Waals surface area (Å²) in [5, 5.41) is 4.04. The zero-order valence-electron chi connectivity index (χ0n) is 11.4. The van der Waals surface area contributed by atoms with Crippen LogP contribution in [0.2, 0.25) is 0 Å². The van der Waals surface area contributed by atoms with Gasteiger partial charge in [-0.1, -0.05) is 18.2 Å². The molecule has 2 aromatic rings. The fraction of sp³-hybridized carbons (Fsp3) is 0.267. The molecule has 2 heterocycles. The Morgan fingerprint density at radius 1 is 1.25 bits per heavy atom. The molecule has 0 saturated carbocycles. The van der Waals surface area contributed by atoms with Gasteiger partial charge in [0.25, 0.3) is 11.5 Å². The molecule has 0 bridgehead atoms. The second kappa shape index (κ2) is 4.59. The van der Waals surface area contributed by atoms with E-state index in [0.29, 0.717) is 0 Å². The van der Waals surface area contributed by atoms with E-state index in [4.69, 9.17) is 0 Å². The topological polar surface area (TPSA) is 55.2 Å². The molecule has 0 N–H and O–H groups in total. The van der Waals surface area contributed by atoms with Crippen LogP contribution < -0.4 is 10.5 Å². The molecule has 0 radical (unpaired) electrons. The SMILES string of the molecule is CC1Cc2ccccc2N1C(=O)c1ccc(=O)n(C)n1. The Morgan fingerprint density at radius 3 is 2.75 bits per heavy atom. The highest BCUT2D eigenvalue weighted by Gasteiger charge is 2.31. The lowest BCUT2D eigenvalue weighted by Gasteiger charge is -2.22. The molecule has 1 aromatic carbocycles. The largest absolute Gasteiger partial charge is 0.304 e. The number of carbonyl (C=O) groups is 1. The van der Waals surface area contributed by atoms with Crippen molar-refractivity contribution in [1.29, 1.82) is 0 Å². The van der Waals surface area contributed by atoms with E-state index < -0.39 is 0 Å². The number of fused-ring (bicyclic) bond motifs is 1. The van der Waals surface area contributed by atoms with Gasteiger partial charge in [0.15, 0.2) is 0 Å². The van der Waals surface area contributed by atoms with E-state index in [9.17, 15) is 9.59 Å². The van der Waals surface area contributed by atoms with Gasteiger partial charge >= 0.3 is 0 Å². The first-order chi connectivity index (χ1) is 9.58. The zero-order chi connectivity index (χ0) is 14.3. The van der Waals surface area contributed by atoms with Crippen molar-refractivity contribution in [3.63, 3.8) is 0 Å². The number of anilines is 1. The summed E-state index contributed by atoms with van der Waals surface area (Å²) in [7, 11) is 1.54. The summed E-state index contributed by atoms with van der Waals surface area (Å²) < 4.78 is 1.18. The van der Waals surface area contributed by atoms with Gasteiger partial charge in [-0.05, 0) is 31.0 Å². The van der Waals surface area contributed by atoms with Crippen molar-refractivity contribution in [2.24, 2.45) is 7.05 Å². The first-order valence-electron chi connectivity index (χ1n) is 6.54. The van der Waals surface area contributed by atoms with Gasteiger partial charge < -0.3 is 4.90 Å². The number of hydrogen-bond acceptors (Lipinski definition) is 3. The average molecular weight is 269 g/mol. The molecule has 1 amide bonds. The van der Waals surface area contributed by atoms with Crippen LogP contribution in [-0.4, -0.2) is 21.7 Å². The monoisotopic (exact) mass is 269 g/mol. The third-order valence-electron chi connectivity index (χ3n) is 3.61. The molecule has 0 saturated heterocycles. The second-order valence-corrected chi connectivity index (χ2v) is 5.04. The maximum Gasteiger partial charge on any atom is 0.278 e. The van der Waals surface area contributed by atoms with Crippen molar-refractivity contribution in [1.82, 2.24) is 9.78 Å². The Bertz CT molecular complexity index is 736. The van der Waals surface area contributed by atoms with Crippen molar-refractivity contribution in [2.75, 3.05) is 4.90 Å². The molecule has 5 heteroatoms. The van der Waals surface area contributed by atoms with E-state index >= 15 is 0 Å². The van der Waals surface area contributed by atoms with Crippen LogP contribution in [-0.2, 0) is 13.5 Å². The van der Waals surface area contributed by atoms with Gasteiger partial charge in [-0.3, -0.25) is 9.59 Å². The summed E-state index contributed by atoms with van der Waals surface area (Å²) >= 11 is 0. The van der Waals surface area contributed by atoms with Crippen LogP contribution in [0.25, 0.3) is 0 Å². The van der Waals surface area contributed by atoms with Crippen LogP contribution in [0.3, 0.4) is 0 Å². The summed E-state index contributed by atoms with van der Waals surface area (Å²) in [5.74, 6) is -0.168. The van der Waals surface area contributed by atoms with Gasteiger partial charge in [0, 0.05) is 24.8 Å². The Balaban J connectivity index is 2.02. The van der Waals surface area contributed by atoms with Gasteiger partial charge in [0.1, 0.15) is 5.69 Å². The normalized spacial score (nSPS) is 17.1. The number of rotatable bonds is 1. The highest BCUT2D eigenvalue weighted by atomic mass is 16.2. The molecular formula is C15H15N3O2. The standard InChI is InChI=1S/C15H15N3O2/c1-10-9-11-5-3-4-6-13(11)18(10)15(20)12-7-8-14(19)17(2)16-12/h3-8,10H,9H2,1-2H3. The van der Waals surface area contributed by atoms with Gasteiger partial charge in [-0.2, -0.15) is 5.10 Å². The van der Waals surface area contributed by atoms with Crippen LogP contribution in [0.15, 0.2) is 41.2 Å². The van der Waals surface area contributed by atoms with Crippen molar-refractivity contribution < 1.29 is 4.79 Å². The van der Waals surface area contributed by atoms with Crippen molar-refractivity contribution in [3.8, 4) is 0 Å². The quantitative estimate of drug-likeness (QED) is 0.785. The number of para-hydroxylation sites is 1. The molecule has 1 aromatic heterocycles. The van der Waals surface area contributed by atoms with Crippen LogP contribution in [0.1, 0.15) is 23.0 Å². The highest BCUT2D eigenvalue weighted by molar-refractivity contribution is 6.06. The van der Waals surface area contributed by atoms with Crippen LogP contribution in [0, 0.1) is 0 Å². The number of amides is 1. The minimum atomic E-state index is -0.226. The minimum absolute atomic E-state index is 0.0962. The minimum Gasteiger partial charge on any atom is -0.304 e. The molecule has 1 atom stereocenters. The third kappa shape index (κ3) is 1.91. The van der Waals surface area contributed by atoms with Crippen molar-refractivity contribution in [2.45, 2.75) is 19.4 Å². The lowest BCUT2D eigenvalue weighted by atomic mass is 10.1. The number of nitrogens with zero attached hydrogens (tertiary/aromatic N) is 3. The fourth-order valence-corrected chi connectivity index (χ4v) is 2.61. The van der Waals surface area contributed by atoms with E-state index in [1.54, 1.807) is 11.9 Å². The van der Waals surface area contributed by atoms with Gasteiger partial charge in [0.05, 0.1) is 0 Å². The molecule has 1 aliphatic rings. The summed E-state index contributed by atoms with van der Waals surface area (Å²) in [6.45, 7) is 2.01. The van der Waals surface area contributed by atoms with Gasteiger partial charge in [-0.15, -0.1) is 0 Å². The molecule has 102 valence electrons. The van der Waals surface area contributed by atoms with Gasteiger partial charge in [0.2, 0.25) is 0 Å². The van der Waals surface area contributed by atoms with E-state index in [-0.39, 0.29) is 23.2 Å². The van der Waals surface area contributed by atoms with Crippen LogP contribution >= 0.6 is 0 Å². The molecule has 5 nitrogen and oxygen atoms in total. The summed E-state index contributed by atoms with van der Waals surface area (Å²) in [5.41, 5.74) is 2.16. The summed E-state index contributed by atoms with van der Waals surface area (Å²) in [4.78, 5) is 25.7. The fourth-order valence-electron chi connectivity index (χ4n) is 2.61. The molecule has 0 fully saturated rings. The van der Waals surface area contributed by atoms with Crippen molar-refractivity contribution >= 4 is 11.6 Å². The maximum atomic E-state index is 12.6. The lowest BCUT2D eigenvalue weighted by molar-refractivity contribution is 0.0974. The lowest BCUT2D eigenvalue weighted by Crippen LogP contribution is -2.37. The second-order valence-electron chi connectivity index (χ2n) is 5.04. The molecule has 0 aliphatic carbocycles. The predicted molar refractivity (Wildman–Crippen MR) is 75.9 cm³/mol. The molecular weight excluding hydrogens is 254 g/mol. The Kier molecular flexibility index (Phi) is 2.89.